The smallest absolute Gasteiger partial charge is 0.248 e. The Morgan fingerprint density at radius 1 is 0.793 bits per heavy atom. The minimum atomic E-state index is -0.245. The number of para-hydroxylation sites is 1. The van der Waals surface area contributed by atoms with Gasteiger partial charge in [0.2, 0.25) is 11.7 Å². The number of methoxy groups -OCH3 is 3. The van der Waals surface area contributed by atoms with Crippen LogP contribution in [0.25, 0.3) is 17.2 Å². The van der Waals surface area contributed by atoms with E-state index in [4.69, 9.17) is 14.2 Å². The lowest BCUT2D eigenvalue weighted by Crippen LogP contribution is -2.08. The van der Waals surface area contributed by atoms with Gasteiger partial charge in [0.25, 0.3) is 0 Å². The number of carbonyl (C=O) groups is 1. The lowest BCUT2D eigenvalue weighted by Gasteiger charge is -2.14. The first kappa shape index (κ1) is 20.0. The summed E-state index contributed by atoms with van der Waals surface area (Å²) >= 11 is 0. The fourth-order valence-corrected chi connectivity index (χ4v) is 3.06. The molecule has 0 aliphatic heterocycles. The number of benzene rings is 3. The topological polar surface area (TPSA) is 56.8 Å². The molecule has 0 aliphatic carbocycles. The summed E-state index contributed by atoms with van der Waals surface area (Å²) in [6.07, 6.45) is 3.15. The summed E-state index contributed by atoms with van der Waals surface area (Å²) < 4.78 is 16.1. The van der Waals surface area contributed by atoms with Gasteiger partial charge in [0, 0.05) is 22.9 Å². The number of carbonyl (C=O) groups excluding carboxylic acids is 1. The summed E-state index contributed by atoms with van der Waals surface area (Å²) in [6.45, 7) is 0. The number of anilines is 1. The highest BCUT2D eigenvalue weighted by Crippen LogP contribution is 2.40. The fraction of sp³-hybridized carbons (Fsp3) is 0.125. The number of hydrogen-bond donors (Lipinski definition) is 1. The highest BCUT2D eigenvalue weighted by atomic mass is 16.5. The molecule has 0 aromatic heterocycles. The summed E-state index contributed by atoms with van der Waals surface area (Å²) in [6, 6.07) is 21.2. The zero-order chi connectivity index (χ0) is 20.6. The van der Waals surface area contributed by atoms with Crippen molar-refractivity contribution in [1.82, 2.24) is 0 Å². The van der Waals surface area contributed by atoms with Gasteiger partial charge in [0.1, 0.15) is 0 Å². The third kappa shape index (κ3) is 4.58. The van der Waals surface area contributed by atoms with Crippen molar-refractivity contribution in [3.8, 4) is 28.4 Å². The highest BCUT2D eigenvalue weighted by molar-refractivity contribution is 6.04. The van der Waals surface area contributed by atoms with Crippen molar-refractivity contribution in [2.75, 3.05) is 26.6 Å². The predicted molar refractivity (Wildman–Crippen MR) is 116 cm³/mol. The van der Waals surface area contributed by atoms with Gasteiger partial charge in [0.05, 0.1) is 21.3 Å². The molecule has 0 atom stereocenters. The Labute approximate surface area is 170 Å². The van der Waals surface area contributed by atoms with Crippen LogP contribution in [0.4, 0.5) is 5.69 Å². The summed E-state index contributed by atoms with van der Waals surface area (Å²) in [4.78, 5) is 12.6. The molecule has 5 heteroatoms. The second-order valence-corrected chi connectivity index (χ2v) is 6.16. The fourth-order valence-electron chi connectivity index (χ4n) is 3.06. The van der Waals surface area contributed by atoms with Crippen LogP contribution in [0.3, 0.4) is 0 Å². The maximum Gasteiger partial charge on any atom is 0.248 e. The lowest BCUT2D eigenvalue weighted by atomic mass is 10.0. The minimum Gasteiger partial charge on any atom is -0.493 e. The normalized spacial score (nSPS) is 10.6. The van der Waals surface area contributed by atoms with E-state index in [0.29, 0.717) is 22.8 Å². The van der Waals surface area contributed by atoms with Gasteiger partial charge in [-0.25, -0.2) is 0 Å². The first-order valence-corrected chi connectivity index (χ1v) is 9.10. The van der Waals surface area contributed by atoms with Crippen molar-refractivity contribution in [3.05, 3.63) is 78.4 Å². The van der Waals surface area contributed by atoms with Gasteiger partial charge in [-0.2, -0.15) is 0 Å². The molecule has 5 nitrogen and oxygen atoms in total. The van der Waals surface area contributed by atoms with Crippen LogP contribution in [0.15, 0.2) is 72.8 Å². The van der Waals surface area contributed by atoms with E-state index in [2.05, 4.69) is 5.32 Å². The molecule has 1 amide bonds. The van der Waals surface area contributed by atoms with Crippen LogP contribution < -0.4 is 19.5 Å². The third-order valence-electron chi connectivity index (χ3n) is 4.42. The summed E-state index contributed by atoms with van der Waals surface area (Å²) in [7, 11) is 4.65. The van der Waals surface area contributed by atoms with Gasteiger partial charge in [-0.05, 0) is 29.8 Å². The molecule has 0 saturated heterocycles. The maximum absolute atomic E-state index is 12.6. The van der Waals surface area contributed by atoms with E-state index < -0.39 is 0 Å². The van der Waals surface area contributed by atoms with E-state index in [-0.39, 0.29) is 5.91 Å². The quantitative estimate of drug-likeness (QED) is 0.576. The highest BCUT2D eigenvalue weighted by Gasteiger charge is 2.14. The number of hydrogen-bond acceptors (Lipinski definition) is 4. The minimum absolute atomic E-state index is 0.245. The first-order chi connectivity index (χ1) is 14.2. The van der Waals surface area contributed by atoms with Gasteiger partial charge in [-0.3, -0.25) is 4.79 Å². The predicted octanol–water partition coefficient (Wildman–Crippen LogP) is 5.03. The van der Waals surface area contributed by atoms with E-state index in [1.165, 1.54) is 6.08 Å². The third-order valence-corrected chi connectivity index (χ3v) is 4.42. The summed E-state index contributed by atoms with van der Waals surface area (Å²) in [5.41, 5.74) is 3.44. The van der Waals surface area contributed by atoms with Crippen molar-refractivity contribution < 1.29 is 19.0 Å². The standard InChI is InChI=1S/C24H23NO4/c1-27-21-15-13-18(23(28-2)24(21)29-3)14-16-22(26)25-20-12-8-7-11-19(20)17-9-5-4-6-10-17/h4-16H,1-3H3,(H,25,26). The Balaban J connectivity index is 1.83. The SMILES string of the molecule is COc1ccc(C=CC(=O)Nc2ccccc2-c2ccccc2)c(OC)c1OC. The van der Waals surface area contributed by atoms with E-state index in [9.17, 15) is 4.79 Å². The Kier molecular flexibility index (Phi) is 6.53. The second-order valence-electron chi connectivity index (χ2n) is 6.16. The van der Waals surface area contributed by atoms with Crippen LogP contribution >= 0.6 is 0 Å². The number of amides is 1. The second kappa shape index (κ2) is 9.46. The van der Waals surface area contributed by atoms with Gasteiger partial charge in [-0.1, -0.05) is 48.5 Å². The van der Waals surface area contributed by atoms with E-state index in [1.54, 1.807) is 33.5 Å². The van der Waals surface area contributed by atoms with Gasteiger partial charge < -0.3 is 19.5 Å². The molecule has 0 bridgehead atoms. The van der Waals surface area contributed by atoms with Crippen molar-refractivity contribution in [3.63, 3.8) is 0 Å². The van der Waals surface area contributed by atoms with Crippen LogP contribution in [0.2, 0.25) is 0 Å². The number of ether oxygens (including phenoxy) is 3. The van der Waals surface area contributed by atoms with Crippen LogP contribution in [0.5, 0.6) is 17.2 Å². The molecule has 3 aromatic carbocycles. The molecule has 0 aliphatic rings. The van der Waals surface area contributed by atoms with Crippen molar-refractivity contribution in [2.24, 2.45) is 0 Å². The average Bonchev–Trinajstić information content (AvgIpc) is 2.77. The zero-order valence-electron chi connectivity index (χ0n) is 16.6. The average molecular weight is 389 g/mol. The van der Waals surface area contributed by atoms with E-state index >= 15 is 0 Å². The first-order valence-electron chi connectivity index (χ1n) is 9.10. The molecule has 0 unspecified atom stereocenters. The van der Waals surface area contributed by atoms with Crippen molar-refractivity contribution >= 4 is 17.7 Å². The number of nitrogens with one attached hydrogen (secondary N) is 1. The van der Waals surface area contributed by atoms with Crippen LogP contribution in [0.1, 0.15) is 5.56 Å². The monoisotopic (exact) mass is 389 g/mol. The van der Waals surface area contributed by atoms with Crippen LogP contribution in [-0.4, -0.2) is 27.2 Å². The Morgan fingerprint density at radius 2 is 1.48 bits per heavy atom. The molecule has 0 heterocycles. The summed E-state index contributed by atoms with van der Waals surface area (Å²) in [5, 5.41) is 2.95. The zero-order valence-corrected chi connectivity index (χ0v) is 16.6. The molecule has 0 radical (unpaired) electrons. The molecule has 0 fully saturated rings. The van der Waals surface area contributed by atoms with E-state index in [1.807, 2.05) is 60.7 Å². The van der Waals surface area contributed by atoms with Crippen LogP contribution in [0, 0.1) is 0 Å². The maximum atomic E-state index is 12.6. The Bertz CT molecular complexity index is 1010. The largest absolute Gasteiger partial charge is 0.493 e. The summed E-state index contributed by atoms with van der Waals surface area (Å²) in [5.74, 6) is 1.29. The lowest BCUT2D eigenvalue weighted by molar-refractivity contribution is -0.111. The van der Waals surface area contributed by atoms with Gasteiger partial charge in [0.15, 0.2) is 11.5 Å². The van der Waals surface area contributed by atoms with Crippen LogP contribution in [-0.2, 0) is 4.79 Å². The molecule has 0 spiro atoms. The molecular weight excluding hydrogens is 366 g/mol. The van der Waals surface area contributed by atoms with Gasteiger partial charge >= 0.3 is 0 Å². The molecule has 1 N–H and O–H groups in total. The molecule has 148 valence electrons. The van der Waals surface area contributed by atoms with Crippen molar-refractivity contribution in [1.29, 1.82) is 0 Å². The van der Waals surface area contributed by atoms with Crippen molar-refractivity contribution in [2.45, 2.75) is 0 Å². The van der Waals surface area contributed by atoms with E-state index in [0.717, 1.165) is 16.8 Å². The Hall–Kier alpha value is -3.73. The Morgan fingerprint density at radius 3 is 2.17 bits per heavy atom. The van der Waals surface area contributed by atoms with Gasteiger partial charge in [-0.15, -0.1) is 0 Å². The molecule has 3 rings (SSSR count). The molecule has 0 saturated carbocycles. The molecular formula is C24H23NO4. The molecule has 29 heavy (non-hydrogen) atoms. The number of rotatable bonds is 7. The molecule has 3 aromatic rings.